The zero-order valence-corrected chi connectivity index (χ0v) is 34.9. The molecule has 8 aliphatic rings. The van der Waals surface area contributed by atoms with E-state index in [4.69, 9.17) is 9.47 Å². The van der Waals surface area contributed by atoms with Gasteiger partial charge in [-0.1, -0.05) is 142 Å². The van der Waals surface area contributed by atoms with E-state index in [2.05, 4.69) is 17.8 Å². The summed E-state index contributed by atoms with van der Waals surface area (Å²) in [6.07, 6.45) is 21.9. The van der Waals surface area contributed by atoms with E-state index in [1.54, 1.807) is 6.42 Å². The maximum atomic E-state index is 11.5. The number of rotatable bonds is 32. The molecule has 10 atom stereocenters. The number of ether oxygens (including phenoxy) is 2. The lowest BCUT2D eigenvalue weighted by Gasteiger charge is -3.08. The molecule has 6 saturated carbocycles. The van der Waals surface area contributed by atoms with E-state index >= 15 is 0 Å². The maximum absolute atomic E-state index is 11.5. The van der Waals surface area contributed by atoms with Gasteiger partial charge in [0.1, 0.15) is 24.4 Å². The average molecular weight is 791 g/mol. The summed E-state index contributed by atoms with van der Waals surface area (Å²) >= 11 is 0. The Morgan fingerprint density at radius 3 is 1.75 bits per heavy atom. The van der Waals surface area contributed by atoms with Crippen LogP contribution in [0.3, 0.4) is 0 Å². The Labute approximate surface area is 338 Å². The average Bonchev–Trinajstić information content (AvgIpc) is 3.68. The lowest BCUT2D eigenvalue weighted by Crippen LogP contribution is -3.05. The zero-order chi connectivity index (χ0) is 39.2. The van der Waals surface area contributed by atoms with Gasteiger partial charge in [0.25, 0.3) is 0 Å². The lowest BCUT2D eigenvalue weighted by atomic mass is 8.96. The first kappa shape index (κ1) is 43.7. The summed E-state index contributed by atoms with van der Waals surface area (Å²) in [6, 6.07) is 0.0764. The molecule has 7 unspecified atom stereocenters. The van der Waals surface area contributed by atoms with E-state index in [1.807, 2.05) is 0 Å². The second-order valence-corrected chi connectivity index (χ2v) is 20.0. The van der Waals surface area contributed by atoms with Crippen LogP contribution in [0, 0.1) is 52.8 Å². The monoisotopic (exact) mass is 791 g/mol. The van der Waals surface area contributed by atoms with Crippen molar-refractivity contribution in [3.05, 3.63) is 0 Å². The highest BCUT2D eigenvalue weighted by Gasteiger charge is 3.03. The highest BCUT2D eigenvalue weighted by molar-refractivity contribution is 5.49. The lowest BCUT2D eigenvalue weighted by molar-refractivity contribution is -0.616. The number of nitrogens with one attached hydrogen (secondary N) is 2. The number of unbranched alkanes of at least 4 members (excludes halogenated alkanes) is 19. The number of hydrogen-bond donors (Lipinski definition) is 8. The van der Waals surface area contributed by atoms with Crippen LogP contribution in [0.15, 0.2) is 0 Å². The number of aliphatic hydroxyl groups is 6. The first-order valence-corrected chi connectivity index (χ1v) is 24.1. The normalized spacial score (nSPS) is 41.2. The molecule has 10 heteroatoms. The van der Waals surface area contributed by atoms with Gasteiger partial charge in [-0.15, -0.1) is 0 Å². The fourth-order valence-corrected chi connectivity index (χ4v) is 13.9. The fraction of sp³-hybridized carbons (Fsp3) is 1.00. The van der Waals surface area contributed by atoms with Crippen molar-refractivity contribution in [1.82, 2.24) is 10.9 Å². The summed E-state index contributed by atoms with van der Waals surface area (Å²) in [5.41, 5.74) is 7.72. The molecule has 0 amide bonds. The van der Waals surface area contributed by atoms with Crippen molar-refractivity contribution in [1.29, 1.82) is 0 Å². The molecule has 324 valence electrons. The molecule has 2 aliphatic heterocycles. The van der Waals surface area contributed by atoms with E-state index < -0.39 is 55.4 Å². The molecule has 56 heavy (non-hydrogen) atoms. The van der Waals surface area contributed by atoms with Crippen LogP contribution in [0.1, 0.15) is 167 Å². The van der Waals surface area contributed by atoms with Gasteiger partial charge in [0.05, 0.1) is 25.4 Å². The van der Waals surface area contributed by atoms with Crippen LogP contribution in [0.25, 0.3) is 0 Å². The molecule has 0 aromatic carbocycles. The van der Waals surface area contributed by atoms with Crippen molar-refractivity contribution < 1.29 is 40.1 Å². The van der Waals surface area contributed by atoms with Crippen molar-refractivity contribution >= 4 is 0 Å². The minimum Gasteiger partial charge on any atom is -0.394 e. The molecule has 8 fully saturated rings. The van der Waals surface area contributed by atoms with E-state index in [-0.39, 0.29) is 18.7 Å². The van der Waals surface area contributed by atoms with E-state index in [1.165, 1.54) is 151 Å². The summed E-state index contributed by atoms with van der Waals surface area (Å²) in [5, 5.41) is 63.4. The van der Waals surface area contributed by atoms with E-state index in [0.717, 1.165) is 43.9 Å². The topological polar surface area (TPSA) is 164 Å². The molecule has 8 rings (SSSR count). The van der Waals surface area contributed by atoms with Gasteiger partial charge in [0, 0.05) is 18.0 Å². The molecule has 6 aliphatic carbocycles. The maximum Gasteiger partial charge on any atom is 0.186 e. The Kier molecular flexibility index (Phi) is 15.9. The predicted octanol–water partition coefficient (Wildman–Crippen LogP) is 6.13. The van der Waals surface area contributed by atoms with Crippen LogP contribution in [0.2, 0.25) is 0 Å². The number of hydrazine groups is 1. The van der Waals surface area contributed by atoms with Crippen LogP contribution >= 0.6 is 0 Å². The quantitative estimate of drug-likeness (QED) is 0.0373. The zero-order valence-electron chi connectivity index (χ0n) is 34.9. The van der Waals surface area contributed by atoms with Crippen molar-refractivity contribution in [3.63, 3.8) is 0 Å². The molecule has 0 aromatic rings. The van der Waals surface area contributed by atoms with Crippen molar-refractivity contribution in [3.8, 4) is 0 Å². The van der Waals surface area contributed by atoms with Gasteiger partial charge in [-0.3, -0.25) is 10.9 Å². The smallest absolute Gasteiger partial charge is 0.186 e. The molecule has 8 N–H and O–H groups in total. The molecule has 0 radical (unpaired) electrons. The van der Waals surface area contributed by atoms with Crippen LogP contribution in [0.4, 0.5) is 0 Å². The Bertz CT molecular complexity index is 1130. The van der Waals surface area contributed by atoms with Crippen LogP contribution in [-0.2, 0) is 9.47 Å². The van der Waals surface area contributed by atoms with Crippen LogP contribution < -0.4 is 10.9 Å². The molecule has 2 saturated heterocycles. The van der Waals surface area contributed by atoms with Gasteiger partial charge in [-0.2, -0.15) is 0 Å². The minimum absolute atomic E-state index is 0.0321. The molecular weight excluding hydrogens is 709 g/mol. The van der Waals surface area contributed by atoms with Gasteiger partial charge >= 0.3 is 0 Å². The molecule has 2 heterocycles. The summed E-state index contributed by atoms with van der Waals surface area (Å²) in [6.45, 7) is 1.69. The standard InChI is InChI=1S/C46H82N2O8/c1-2-3-4-5-6-7-8-9-12-15-18-21-24-32(50)41(51)30(28-55-45-44(54)43(53)42(52)33(27-49)56-45)31-26-29(47-48-31)23-20-17-14-11-10-13-16-19-22-25-46-38-35-34-36(38)40(46)37(34)39(35)46/h29-45,47-54H,2-28H2,1H3/t29?,30-,31?,32-,33?,34?,35?,36?,37?,38?,39?,40?,41+,42?,43?,44?,45?,46?/m1/s1. The van der Waals surface area contributed by atoms with Crippen molar-refractivity contribution in [2.45, 2.75) is 222 Å². The Morgan fingerprint density at radius 1 is 0.643 bits per heavy atom. The van der Waals surface area contributed by atoms with Gasteiger partial charge < -0.3 is 40.1 Å². The summed E-state index contributed by atoms with van der Waals surface area (Å²) in [5.74, 6) is 8.07. The van der Waals surface area contributed by atoms with Gasteiger partial charge in [0.2, 0.25) is 0 Å². The molecule has 0 spiro atoms. The first-order valence-electron chi connectivity index (χ1n) is 24.1. The van der Waals surface area contributed by atoms with Crippen molar-refractivity contribution in [2.24, 2.45) is 52.8 Å². The van der Waals surface area contributed by atoms with E-state index in [0.29, 0.717) is 6.42 Å². The molecule has 0 aromatic heterocycles. The minimum atomic E-state index is -1.53. The fourth-order valence-electron chi connectivity index (χ4n) is 13.9. The highest BCUT2D eigenvalue weighted by atomic mass is 16.7. The number of aliphatic hydroxyl groups excluding tert-OH is 6. The first-order chi connectivity index (χ1) is 27.3. The van der Waals surface area contributed by atoms with Gasteiger partial charge in [-0.05, 0) is 72.5 Å². The predicted molar refractivity (Wildman–Crippen MR) is 217 cm³/mol. The Balaban J connectivity index is 0.756. The summed E-state index contributed by atoms with van der Waals surface area (Å²) in [7, 11) is 0. The van der Waals surface area contributed by atoms with Crippen molar-refractivity contribution in [2.75, 3.05) is 13.2 Å². The van der Waals surface area contributed by atoms with Gasteiger partial charge in [-0.25, -0.2) is 0 Å². The van der Waals surface area contributed by atoms with Gasteiger partial charge in [0.15, 0.2) is 6.29 Å². The Hall–Kier alpha value is -0.400. The summed E-state index contributed by atoms with van der Waals surface area (Å²) < 4.78 is 11.6. The third kappa shape index (κ3) is 8.69. The second kappa shape index (κ2) is 20.4. The highest BCUT2D eigenvalue weighted by Crippen LogP contribution is 3.06. The molecule has 0 bridgehead atoms. The second-order valence-electron chi connectivity index (χ2n) is 20.0. The third-order valence-corrected chi connectivity index (χ3v) is 16.9. The molecule has 10 nitrogen and oxygen atoms in total. The van der Waals surface area contributed by atoms with Crippen LogP contribution in [-0.4, -0.2) is 98.9 Å². The Morgan fingerprint density at radius 2 is 1.18 bits per heavy atom. The largest absolute Gasteiger partial charge is 0.394 e. The third-order valence-electron chi connectivity index (χ3n) is 16.9. The number of hydrogen-bond acceptors (Lipinski definition) is 10. The van der Waals surface area contributed by atoms with Crippen LogP contribution in [0.5, 0.6) is 0 Å². The van der Waals surface area contributed by atoms with E-state index in [9.17, 15) is 30.6 Å². The summed E-state index contributed by atoms with van der Waals surface area (Å²) in [4.78, 5) is 0. The molecular formula is C46H82N2O8. The SMILES string of the molecule is CCCCCCCCCCCCCC[C@@H](O)[C@@H](O)[C@H](COC1OC(CO)C(O)C(O)C1O)C1CC(CCCCCCCCCCCC23C4C5C6C4C2C6C53)NN1.